The number of nitriles is 1. The molecule has 0 aliphatic heterocycles. The Labute approximate surface area is 199 Å². The van der Waals surface area contributed by atoms with Crippen LogP contribution in [-0.2, 0) is 13.6 Å². The maximum atomic E-state index is 9.29. The molecule has 168 valence electrons. The normalized spacial score (nSPS) is 14.6. The fourth-order valence-electron chi connectivity index (χ4n) is 5.48. The highest BCUT2D eigenvalue weighted by molar-refractivity contribution is 6.02. The fraction of sp³-hybridized carbons (Fsp3) is 0.276. The van der Waals surface area contributed by atoms with Crippen molar-refractivity contribution < 1.29 is 0 Å². The Bertz CT molecular complexity index is 1530. The van der Waals surface area contributed by atoms with E-state index in [0.29, 0.717) is 5.56 Å². The Kier molecular flexibility index (Phi) is 5.15. The van der Waals surface area contributed by atoms with Gasteiger partial charge in [0.1, 0.15) is 0 Å². The summed E-state index contributed by atoms with van der Waals surface area (Å²) in [5, 5.41) is 16.1. The van der Waals surface area contributed by atoms with Crippen LogP contribution >= 0.6 is 0 Å². The van der Waals surface area contributed by atoms with E-state index in [-0.39, 0.29) is 0 Å². The Morgan fingerprint density at radius 2 is 1.79 bits per heavy atom. The molecule has 0 saturated heterocycles. The van der Waals surface area contributed by atoms with Crippen LogP contribution in [0.3, 0.4) is 0 Å². The lowest BCUT2D eigenvalue weighted by atomic mass is 9.89. The first kappa shape index (κ1) is 20.7. The third-order valence-corrected chi connectivity index (χ3v) is 7.20. The highest BCUT2D eigenvalue weighted by Gasteiger charge is 2.19. The molecule has 0 unspecified atom stereocenters. The second kappa shape index (κ2) is 8.46. The van der Waals surface area contributed by atoms with E-state index in [1.807, 2.05) is 48.4 Å². The van der Waals surface area contributed by atoms with Crippen molar-refractivity contribution in [1.29, 1.82) is 5.26 Å². The number of nitrogens with zero attached hydrogens (tertiary/aromatic N) is 5. The zero-order valence-corrected chi connectivity index (χ0v) is 19.4. The van der Waals surface area contributed by atoms with Gasteiger partial charge in [-0.05, 0) is 54.7 Å². The van der Waals surface area contributed by atoms with Gasteiger partial charge in [-0.3, -0.25) is 9.67 Å². The van der Waals surface area contributed by atoms with Gasteiger partial charge in [0.05, 0.1) is 34.6 Å². The molecule has 0 bridgehead atoms. The summed E-state index contributed by atoms with van der Waals surface area (Å²) in [6, 6.07) is 18.7. The monoisotopic (exact) mass is 445 g/mol. The lowest BCUT2D eigenvalue weighted by Gasteiger charge is -2.22. The topological polar surface area (TPSA) is 59.4 Å². The van der Waals surface area contributed by atoms with Crippen LogP contribution in [0.25, 0.3) is 44.2 Å². The zero-order chi connectivity index (χ0) is 23.1. The van der Waals surface area contributed by atoms with E-state index in [1.54, 1.807) is 0 Å². The second-order valence-corrected chi connectivity index (χ2v) is 9.52. The summed E-state index contributed by atoms with van der Waals surface area (Å²) in [4.78, 5) is 5.02. The van der Waals surface area contributed by atoms with E-state index < -0.39 is 0 Å². The average molecular weight is 446 g/mol. The Balaban J connectivity index is 1.52. The maximum Gasteiger partial charge on any atom is 0.0991 e. The third-order valence-electron chi connectivity index (χ3n) is 7.20. The summed E-state index contributed by atoms with van der Waals surface area (Å²) >= 11 is 0. The van der Waals surface area contributed by atoms with Crippen molar-refractivity contribution in [3.05, 3.63) is 72.7 Å². The zero-order valence-electron chi connectivity index (χ0n) is 19.4. The van der Waals surface area contributed by atoms with Gasteiger partial charge in [0.2, 0.25) is 0 Å². The Morgan fingerprint density at radius 1 is 1.00 bits per heavy atom. The minimum absolute atomic E-state index is 0.664. The van der Waals surface area contributed by atoms with Crippen LogP contribution in [0.15, 0.2) is 67.1 Å². The number of hydrogen-bond acceptors (Lipinski definition) is 3. The van der Waals surface area contributed by atoms with Gasteiger partial charge in [-0.25, -0.2) is 0 Å². The van der Waals surface area contributed by atoms with Gasteiger partial charge in [-0.15, -0.1) is 0 Å². The van der Waals surface area contributed by atoms with E-state index in [0.717, 1.165) is 45.7 Å². The highest BCUT2D eigenvalue weighted by Crippen LogP contribution is 2.38. The van der Waals surface area contributed by atoms with Gasteiger partial charge < -0.3 is 4.57 Å². The van der Waals surface area contributed by atoms with E-state index >= 15 is 0 Å². The van der Waals surface area contributed by atoms with Gasteiger partial charge in [0, 0.05) is 47.9 Å². The first-order valence-electron chi connectivity index (χ1n) is 12.1. The lowest BCUT2D eigenvalue weighted by molar-refractivity contribution is 0.322. The number of fused-ring (bicyclic) bond motifs is 2. The van der Waals surface area contributed by atoms with Crippen LogP contribution < -0.4 is 0 Å². The molecule has 0 radical (unpaired) electrons. The van der Waals surface area contributed by atoms with Crippen LogP contribution in [-0.4, -0.2) is 19.3 Å². The summed E-state index contributed by atoms with van der Waals surface area (Å²) in [7, 11) is 1.95. The molecule has 1 aliphatic rings. The standard InChI is InChI=1S/C29H27N5/c1-33-19-24-15-23(11-12-26(24)32-33)29-28(22-9-7-20(16-30)8-10-22)25-13-14-34(27(25)17-31-29)18-21-5-3-2-4-6-21/h7-15,17,19,21H,2-6,18H2,1H3. The van der Waals surface area contributed by atoms with E-state index in [4.69, 9.17) is 4.98 Å². The fourth-order valence-corrected chi connectivity index (χ4v) is 5.48. The molecular formula is C29H27N5. The highest BCUT2D eigenvalue weighted by atomic mass is 15.2. The maximum absolute atomic E-state index is 9.29. The van der Waals surface area contributed by atoms with E-state index in [9.17, 15) is 5.26 Å². The average Bonchev–Trinajstić information content (AvgIpc) is 3.46. The largest absolute Gasteiger partial charge is 0.346 e. The molecule has 5 nitrogen and oxygen atoms in total. The smallest absolute Gasteiger partial charge is 0.0991 e. The minimum Gasteiger partial charge on any atom is -0.346 e. The predicted molar refractivity (Wildman–Crippen MR) is 136 cm³/mol. The SMILES string of the molecule is Cn1cc2cc(-c3ncc4c(ccn4CC4CCCCC4)c3-c3ccc(C#N)cc3)ccc2n1. The molecule has 5 aromatic rings. The number of aryl methyl sites for hydroxylation is 1. The van der Waals surface area contributed by atoms with Crippen molar-refractivity contribution in [2.45, 2.75) is 38.6 Å². The molecule has 1 fully saturated rings. The second-order valence-electron chi connectivity index (χ2n) is 9.52. The molecule has 0 N–H and O–H groups in total. The number of benzene rings is 2. The number of aromatic nitrogens is 4. The van der Waals surface area contributed by atoms with Gasteiger partial charge in [-0.2, -0.15) is 10.4 Å². The molecule has 1 aliphatic carbocycles. The molecular weight excluding hydrogens is 418 g/mol. The lowest BCUT2D eigenvalue weighted by Crippen LogP contribution is -2.13. The minimum atomic E-state index is 0.664. The van der Waals surface area contributed by atoms with E-state index in [1.165, 1.54) is 43.0 Å². The Morgan fingerprint density at radius 3 is 2.59 bits per heavy atom. The van der Waals surface area contributed by atoms with Crippen LogP contribution in [0, 0.1) is 17.2 Å². The van der Waals surface area contributed by atoms with Gasteiger partial charge >= 0.3 is 0 Å². The van der Waals surface area contributed by atoms with E-state index in [2.05, 4.69) is 46.2 Å². The number of pyridine rings is 1. The van der Waals surface area contributed by atoms with Crippen LogP contribution in [0.2, 0.25) is 0 Å². The molecule has 1 saturated carbocycles. The molecule has 0 atom stereocenters. The molecule has 3 aromatic heterocycles. The summed E-state index contributed by atoms with van der Waals surface area (Å²) < 4.78 is 4.23. The Hall–Kier alpha value is -3.91. The predicted octanol–water partition coefficient (Wildman–Crippen LogP) is 6.71. The molecule has 0 spiro atoms. The quantitative estimate of drug-likeness (QED) is 0.309. The van der Waals surface area contributed by atoms with Gasteiger partial charge in [-0.1, -0.05) is 37.5 Å². The van der Waals surface area contributed by atoms with Crippen LogP contribution in [0.4, 0.5) is 0 Å². The molecule has 6 rings (SSSR count). The van der Waals surface area contributed by atoms with Gasteiger partial charge in [0.15, 0.2) is 0 Å². The molecule has 2 aromatic carbocycles. The summed E-state index contributed by atoms with van der Waals surface area (Å²) in [5.41, 5.74) is 7.04. The summed E-state index contributed by atoms with van der Waals surface area (Å²) in [6.07, 6.45) is 13.0. The van der Waals surface area contributed by atoms with Crippen molar-refractivity contribution in [1.82, 2.24) is 19.3 Å². The van der Waals surface area contributed by atoms with Crippen molar-refractivity contribution >= 4 is 21.8 Å². The molecule has 0 amide bonds. The van der Waals surface area contributed by atoms with Crippen LogP contribution in [0.5, 0.6) is 0 Å². The summed E-state index contributed by atoms with van der Waals surface area (Å²) in [5.74, 6) is 0.746. The van der Waals surface area contributed by atoms with Crippen molar-refractivity contribution in [2.24, 2.45) is 13.0 Å². The summed E-state index contributed by atoms with van der Waals surface area (Å²) in [6.45, 7) is 1.05. The van der Waals surface area contributed by atoms with Crippen molar-refractivity contribution in [3.8, 4) is 28.5 Å². The molecule has 3 heterocycles. The third kappa shape index (κ3) is 3.66. The first-order valence-corrected chi connectivity index (χ1v) is 12.1. The number of rotatable bonds is 4. The van der Waals surface area contributed by atoms with Crippen molar-refractivity contribution in [3.63, 3.8) is 0 Å². The molecule has 34 heavy (non-hydrogen) atoms. The first-order chi connectivity index (χ1) is 16.7. The van der Waals surface area contributed by atoms with Gasteiger partial charge in [0.25, 0.3) is 0 Å². The number of hydrogen-bond donors (Lipinski definition) is 0. The van der Waals surface area contributed by atoms with Crippen molar-refractivity contribution in [2.75, 3.05) is 0 Å². The molecule has 5 heteroatoms. The van der Waals surface area contributed by atoms with Crippen LogP contribution in [0.1, 0.15) is 37.7 Å².